The van der Waals surface area contributed by atoms with E-state index < -0.39 is 41.0 Å². The highest BCUT2D eigenvalue weighted by Crippen LogP contribution is 2.33. The minimum atomic E-state index is -0.793. The van der Waals surface area contributed by atoms with Gasteiger partial charge in [0.05, 0.1) is 67.9 Å². The van der Waals surface area contributed by atoms with Crippen molar-refractivity contribution in [1.82, 2.24) is 36.1 Å². The summed E-state index contributed by atoms with van der Waals surface area (Å²) in [5.41, 5.74) is 14.1. The molecule has 6 amide bonds. The van der Waals surface area contributed by atoms with Crippen molar-refractivity contribution in [3.05, 3.63) is 80.8 Å². The Kier molecular flexibility index (Phi) is 21.3. The molecule has 0 radical (unpaired) electrons. The molecule has 402 valence electrons. The summed E-state index contributed by atoms with van der Waals surface area (Å²) in [5, 5.41) is 28.8. The quantitative estimate of drug-likeness (QED) is 0.0191. The molecule has 3 aliphatic rings. The number of β-amino-alcohol motifs (C(OH)–C–C–N with tert-alkyl or cyclic N) is 1. The standard InChI is InChI=1S/C51H71N11O11S/c1-33-46(74-32-56-33)35-12-10-34(11-13-35)23-55-47(67)41-22-36(63)24-61(41)26-42(50(2,3)4)58-45(66)28-73-31-51(5,29-71-21-20-70-19-18-57-60-52)30-72-27-44(65)54-17-7-16-53-39-9-6-8-37-38(39)25-62(49(37)69)40-14-15-43(64)59-48(40)68/h6,8-13,32,36,40-42,53,63H,7,14-31H2,1-5H3,(H,54,65)(H,55,67)(H,58,66)(H,59,64,68)/t36-,40?,41+,42-,51?/m1/s1. The number of hydrogen-bond donors (Lipinski definition) is 6. The molecule has 0 saturated carbocycles. The summed E-state index contributed by atoms with van der Waals surface area (Å²) in [4.78, 5) is 88.9. The van der Waals surface area contributed by atoms with E-state index in [4.69, 9.17) is 24.5 Å². The van der Waals surface area contributed by atoms with E-state index in [1.54, 1.807) is 23.5 Å². The SMILES string of the molecule is Cc1ncsc1-c1ccc(CNC(=O)[C@@H]2C[C@@H](O)CN2C[C@@H](NC(=O)COCC(C)(COCCOCCN=[N+]=[N-])COCC(=O)NCCCNc2cccc3c2CN(C2CCC(=O)NC2=O)C3=O)C(C)(C)C)cc1. The van der Waals surface area contributed by atoms with Crippen molar-refractivity contribution in [1.29, 1.82) is 0 Å². The molecule has 0 bridgehead atoms. The molecule has 2 fully saturated rings. The first-order chi connectivity index (χ1) is 35.4. The number of carbonyl (C=O) groups excluding carboxylic acids is 6. The topological polar surface area (TPSA) is 288 Å². The zero-order valence-corrected chi connectivity index (χ0v) is 43.8. The Bertz CT molecular complexity index is 2460. The third-order valence-electron chi connectivity index (χ3n) is 13.1. The van der Waals surface area contributed by atoms with Gasteiger partial charge in [0.15, 0.2) is 0 Å². The van der Waals surface area contributed by atoms with E-state index in [-0.39, 0.29) is 121 Å². The Hall–Kier alpha value is -6.04. The number of aliphatic hydroxyl groups is 1. The minimum Gasteiger partial charge on any atom is -0.392 e. The molecule has 2 unspecified atom stereocenters. The van der Waals surface area contributed by atoms with Crippen molar-refractivity contribution >= 4 is 52.5 Å². The largest absolute Gasteiger partial charge is 0.392 e. The Morgan fingerprint density at radius 3 is 2.39 bits per heavy atom. The van der Waals surface area contributed by atoms with E-state index in [9.17, 15) is 33.9 Å². The Morgan fingerprint density at radius 1 is 0.959 bits per heavy atom. The fraction of sp³-hybridized carbons (Fsp3) is 0.588. The number of rotatable bonds is 29. The lowest BCUT2D eigenvalue weighted by Gasteiger charge is -2.36. The van der Waals surface area contributed by atoms with Crippen LogP contribution in [-0.4, -0.2) is 165 Å². The van der Waals surface area contributed by atoms with Crippen molar-refractivity contribution in [3.63, 3.8) is 0 Å². The van der Waals surface area contributed by atoms with Gasteiger partial charge in [-0.3, -0.25) is 39.0 Å². The summed E-state index contributed by atoms with van der Waals surface area (Å²) in [6, 6.07) is 11.7. The summed E-state index contributed by atoms with van der Waals surface area (Å²) in [7, 11) is 0. The van der Waals surface area contributed by atoms with Gasteiger partial charge in [-0.25, -0.2) is 4.98 Å². The van der Waals surface area contributed by atoms with Gasteiger partial charge in [0, 0.05) is 85.4 Å². The number of amides is 6. The third-order valence-corrected chi connectivity index (χ3v) is 14.0. The van der Waals surface area contributed by atoms with Crippen LogP contribution in [0.2, 0.25) is 0 Å². The van der Waals surface area contributed by atoms with Crippen molar-refractivity contribution < 1.29 is 52.8 Å². The zero-order valence-electron chi connectivity index (χ0n) is 43.0. The Balaban J connectivity index is 0.938. The first kappa shape index (κ1) is 57.2. The fourth-order valence-electron chi connectivity index (χ4n) is 8.96. The van der Waals surface area contributed by atoms with Crippen LogP contribution in [0.15, 0.2) is 53.1 Å². The molecule has 3 aliphatic heterocycles. The van der Waals surface area contributed by atoms with Crippen LogP contribution in [0.25, 0.3) is 20.9 Å². The van der Waals surface area contributed by atoms with E-state index in [0.29, 0.717) is 38.2 Å². The normalized spacial score (nSPS) is 19.0. The maximum atomic E-state index is 13.6. The average molecular weight is 1050 g/mol. The van der Waals surface area contributed by atoms with E-state index in [0.717, 1.165) is 32.9 Å². The smallest absolute Gasteiger partial charge is 0.255 e. The van der Waals surface area contributed by atoms with Gasteiger partial charge in [0.2, 0.25) is 29.5 Å². The van der Waals surface area contributed by atoms with Crippen molar-refractivity contribution in [2.24, 2.45) is 15.9 Å². The number of fused-ring (bicyclic) bond motifs is 1. The van der Waals surface area contributed by atoms with Crippen LogP contribution < -0.4 is 26.6 Å². The first-order valence-electron chi connectivity index (χ1n) is 25.0. The molecule has 0 aliphatic carbocycles. The second-order valence-corrected chi connectivity index (χ2v) is 21.2. The predicted molar refractivity (Wildman–Crippen MR) is 276 cm³/mol. The van der Waals surface area contributed by atoms with E-state index in [1.807, 2.05) is 75.4 Å². The van der Waals surface area contributed by atoms with E-state index in [2.05, 4.69) is 41.6 Å². The number of hydrogen-bond acceptors (Lipinski definition) is 16. The average Bonchev–Trinajstić information content (AvgIpc) is 4.06. The molecule has 6 N–H and O–H groups in total. The van der Waals surface area contributed by atoms with Crippen molar-refractivity contribution in [3.8, 4) is 10.4 Å². The van der Waals surface area contributed by atoms with Gasteiger partial charge in [0.25, 0.3) is 5.91 Å². The minimum absolute atomic E-state index is 0.0415. The molecule has 74 heavy (non-hydrogen) atoms. The second-order valence-electron chi connectivity index (χ2n) is 20.3. The predicted octanol–water partition coefficient (Wildman–Crippen LogP) is 3.46. The zero-order chi connectivity index (χ0) is 53.3. The van der Waals surface area contributed by atoms with Gasteiger partial charge in [-0.1, -0.05) is 63.1 Å². The third kappa shape index (κ3) is 16.7. The number of aliphatic hydroxyl groups excluding tert-OH is 1. The highest BCUT2D eigenvalue weighted by atomic mass is 32.1. The molecular weight excluding hydrogens is 975 g/mol. The highest BCUT2D eigenvalue weighted by molar-refractivity contribution is 7.13. The molecule has 2 aromatic carbocycles. The summed E-state index contributed by atoms with van der Waals surface area (Å²) >= 11 is 1.58. The van der Waals surface area contributed by atoms with Crippen LogP contribution in [0.1, 0.15) is 80.6 Å². The molecule has 0 spiro atoms. The molecule has 3 aromatic rings. The number of likely N-dealkylation sites (tertiary alicyclic amines) is 1. The lowest BCUT2D eigenvalue weighted by molar-refractivity contribution is -0.137. The van der Waals surface area contributed by atoms with Crippen LogP contribution >= 0.6 is 11.3 Å². The summed E-state index contributed by atoms with van der Waals surface area (Å²) in [5.74, 6) is -1.97. The van der Waals surface area contributed by atoms with Crippen LogP contribution in [0.4, 0.5) is 5.69 Å². The van der Waals surface area contributed by atoms with Gasteiger partial charge < -0.3 is 50.2 Å². The number of azide groups is 1. The van der Waals surface area contributed by atoms with Crippen LogP contribution in [-0.2, 0) is 56.0 Å². The Labute approximate surface area is 435 Å². The molecular formula is C51H71N11O11S. The van der Waals surface area contributed by atoms with E-state index >= 15 is 0 Å². The molecule has 22 nitrogen and oxygen atoms in total. The lowest BCUT2D eigenvalue weighted by atomic mass is 9.86. The molecule has 1 aromatic heterocycles. The molecule has 4 heterocycles. The van der Waals surface area contributed by atoms with E-state index in [1.165, 1.54) is 4.90 Å². The number of piperidine rings is 1. The molecule has 23 heteroatoms. The van der Waals surface area contributed by atoms with Crippen LogP contribution in [0.5, 0.6) is 0 Å². The maximum absolute atomic E-state index is 13.6. The number of imide groups is 1. The van der Waals surface area contributed by atoms with Gasteiger partial charge in [0.1, 0.15) is 19.3 Å². The fourth-order valence-corrected chi connectivity index (χ4v) is 9.77. The van der Waals surface area contributed by atoms with Crippen molar-refractivity contribution in [2.75, 3.05) is 90.9 Å². The lowest BCUT2D eigenvalue weighted by Crippen LogP contribution is -2.54. The van der Waals surface area contributed by atoms with Gasteiger partial charge >= 0.3 is 0 Å². The number of nitrogens with one attached hydrogen (secondary N) is 5. The van der Waals surface area contributed by atoms with Crippen LogP contribution in [0.3, 0.4) is 0 Å². The highest BCUT2D eigenvalue weighted by Gasteiger charge is 2.41. The first-order valence-corrected chi connectivity index (χ1v) is 25.9. The van der Waals surface area contributed by atoms with Gasteiger partial charge in [-0.05, 0) is 60.4 Å². The number of thiazole rings is 1. The number of carbonyl (C=O) groups is 6. The van der Waals surface area contributed by atoms with Crippen LogP contribution in [0, 0.1) is 17.8 Å². The number of aromatic nitrogens is 1. The molecule has 2 saturated heterocycles. The number of nitrogens with zero attached hydrogens (tertiary/aromatic N) is 6. The maximum Gasteiger partial charge on any atom is 0.255 e. The monoisotopic (exact) mass is 1050 g/mol. The number of benzene rings is 2. The molecule has 5 atom stereocenters. The van der Waals surface area contributed by atoms with Gasteiger partial charge in [-0.2, -0.15) is 0 Å². The van der Waals surface area contributed by atoms with Gasteiger partial charge in [-0.15, -0.1) is 11.3 Å². The van der Waals surface area contributed by atoms with Crippen molar-refractivity contribution in [2.45, 2.75) is 97.6 Å². The number of ether oxygens (including phenoxy) is 4. The summed E-state index contributed by atoms with van der Waals surface area (Å²) in [6.07, 6.45) is 0.577. The summed E-state index contributed by atoms with van der Waals surface area (Å²) < 4.78 is 23.2. The summed E-state index contributed by atoms with van der Waals surface area (Å²) in [6.45, 7) is 12.4. The second kappa shape index (κ2) is 27.5. The Morgan fingerprint density at radius 2 is 1.69 bits per heavy atom. The molecule has 6 rings (SSSR count). The number of aryl methyl sites for hydroxylation is 1. The number of anilines is 1.